The second-order valence-corrected chi connectivity index (χ2v) is 7.95. The third-order valence-electron chi connectivity index (χ3n) is 5.40. The van der Waals surface area contributed by atoms with Crippen LogP contribution in [-0.2, 0) is 4.79 Å². The van der Waals surface area contributed by atoms with Crippen molar-refractivity contribution in [1.82, 2.24) is 10.4 Å². The maximum atomic E-state index is 13.2. The zero-order chi connectivity index (χ0) is 21.5. The maximum Gasteiger partial charge on any atom is 0.276 e. The van der Waals surface area contributed by atoms with E-state index in [9.17, 15) is 9.59 Å². The molecule has 1 heterocycles. The lowest BCUT2D eigenvalue weighted by Crippen LogP contribution is -2.52. The summed E-state index contributed by atoms with van der Waals surface area (Å²) in [4.78, 5) is 27.8. The van der Waals surface area contributed by atoms with Crippen molar-refractivity contribution >= 4 is 23.2 Å². The van der Waals surface area contributed by atoms with Crippen molar-refractivity contribution < 1.29 is 9.59 Å². The molecule has 6 nitrogen and oxygen atoms in total. The number of para-hydroxylation sites is 1. The molecule has 3 rings (SSSR count). The van der Waals surface area contributed by atoms with Gasteiger partial charge in [-0.05, 0) is 36.2 Å². The average molecular weight is 409 g/mol. The molecule has 2 amide bonds. The number of fused-ring (bicyclic) bond motifs is 1. The third kappa shape index (κ3) is 5.12. The second-order valence-electron chi connectivity index (χ2n) is 7.95. The first kappa shape index (κ1) is 21.7. The molecule has 0 radical (unpaired) electrons. The molecule has 1 aliphatic heterocycles. The van der Waals surface area contributed by atoms with Crippen LogP contribution in [-0.4, -0.2) is 30.9 Å². The topological polar surface area (TPSA) is 64.7 Å². The quantitative estimate of drug-likeness (QED) is 0.590. The molecule has 2 aromatic carbocycles. The minimum Gasteiger partial charge on any atom is -0.378 e. The van der Waals surface area contributed by atoms with Gasteiger partial charge in [0.25, 0.3) is 5.91 Å². The number of hydrogen-bond acceptors (Lipinski definition) is 4. The Hall–Kier alpha value is -3.02. The van der Waals surface area contributed by atoms with Gasteiger partial charge in [-0.15, -0.1) is 0 Å². The molecule has 0 bridgehead atoms. The van der Waals surface area contributed by atoms with Gasteiger partial charge in [0.1, 0.15) is 6.17 Å². The van der Waals surface area contributed by atoms with Crippen LogP contribution in [0.1, 0.15) is 67.5 Å². The van der Waals surface area contributed by atoms with Gasteiger partial charge in [-0.3, -0.25) is 15.0 Å². The number of unbranched alkanes of at least 4 members (excludes halogenated alkanes) is 4. The van der Waals surface area contributed by atoms with Crippen LogP contribution in [0, 0.1) is 0 Å². The van der Waals surface area contributed by atoms with Crippen LogP contribution < -0.4 is 15.6 Å². The lowest BCUT2D eigenvalue weighted by Gasteiger charge is -2.38. The zero-order valence-corrected chi connectivity index (χ0v) is 18.1. The minimum atomic E-state index is -0.465. The number of nitrogens with zero attached hydrogens (tertiary/aromatic N) is 2. The molecular formula is C24H32N4O2. The summed E-state index contributed by atoms with van der Waals surface area (Å²) in [5.41, 5.74) is 6.17. The molecule has 1 aliphatic rings. The maximum absolute atomic E-state index is 13.2. The fourth-order valence-corrected chi connectivity index (χ4v) is 3.64. The number of carbonyl (C=O) groups excluding carboxylic acids is 2. The van der Waals surface area contributed by atoms with Crippen LogP contribution in [0.4, 0.5) is 11.4 Å². The van der Waals surface area contributed by atoms with Crippen LogP contribution in [0.2, 0.25) is 0 Å². The molecule has 160 valence electrons. The van der Waals surface area contributed by atoms with Crippen LogP contribution in [0.15, 0.2) is 48.5 Å². The highest BCUT2D eigenvalue weighted by Crippen LogP contribution is 2.32. The van der Waals surface area contributed by atoms with Gasteiger partial charge in [-0.2, -0.15) is 0 Å². The van der Waals surface area contributed by atoms with E-state index in [0.29, 0.717) is 12.0 Å². The Morgan fingerprint density at radius 1 is 1.03 bits per heavy atom. The lowest BCUT2D eigenvalue weighted by molar-refractivity contribution is -0.125. The molecule has 0 saturated carbocycles. The number of amides is 2. The molecule has 6 heteroatoms. The second kappa shape index (κ2) is 10.1. The monoisotopic (exact) mass is 408 g/mol. The van der Waals surface area contributed by atoms with Gasteiger partial charge in [0.15, 0.2) is 0 Å². The van der Waals surface area contributed by atoms with Crippen LogP contribution in [0.25, 0.3) is 0 Å². The van der Waals surface area contributed by atoms with Gasteiger partial charge < -0.3 is 10.2 Å². The highest BCUT2D eigenvalue weighted by atomic mass is 16.2. The first-order valence-corrected chi connectivity index (χ1v) is 10.8. The van der Waals surface area contributed by atoms with Gasteiger partial charge in [-0.25, -0.2) is 5.01 Å². The summed E-state index contributed by atoms with van der Waals surface area (Å²) in [6, 6.07) is 15.4. The van der Waals surface area contributed by atoms with Gasteiger partial charge in [0.2, 0.25) is 5.91 Å². The molecule has 2 aromatic rings. The van der Waals surface area contributed by atoms with Crippen molar-refractivity contribution in [1.29, 1.82) is 0 Å². The van der Waals surface area contributed by atoms with Crippen LogP contribution in [0.5, 0.6) is 0 Å². The first-order chi connectivity index (χ1) is 14.5. The van der Waals surface area contributed by atoms with Gasteiger partial charge in [-0.1, -0.05) is 56.9 Å². The minimum absolute atomic E-state index is 0.129. The molecule has 0 aromatic heterocycles. The van der Waals surface area contributed by atoms with Crippen molar-refractivity contribution in [3.8, 4) is 0 Å². The summed E-state index contributed by atoms with van der Waals surface area (Å²) in [6.45, 7) is 2.17. The van der Waals surface area contributed by atoms with E-state index in [1.807, 2.05) is 61.5 Å². The Kier molecular flexibility index (Phi) is 7.33. The summed E-state index contributed by atoms with van der Waals surface area (Å²) in [6.07, 6.45) is 5.33. The molecule has 0 aliphatic carbocycles. The van der Waals surface area contributed by atoms with Crippen LogP contribution in [0.3, 0.4) is 0 Å². The van der Waals surface area contributed by atoms with Gasteiger partial charge >= 0.3 is 0 Å². The SMILES string of the molecule is CCCCCCCC(=O)NN1C(=O)c2ccccc2N[C@H]1c1ccc(N(C)C)cc1. The Bertz CT molecular complexity index is 864. The summed E-state index contributed by atoms with van der Waals surface area (Å²) >= 11 is 0. The summed E-state index contributed by atoms with van der Waals surface area (Å²) in [5, 5.41) is 4.84. The number of benzene rings is 2. The molecule has 0 fully saturated rings. The zero-order valence-electron chi connectivity index (χ0n) is 18.1. The summed E-state index contributed by atoms with van der Waals surface area (Å²) < 4.78 is 0. The van der Waals surface area contributed by atoms with Crippen molar-refractivity contribution in [2.24, 2.45) is 0 Å². The van der Waals surface area contributed by atoms with Gasteiger partial charge in [0.05, 0.1) is 5.56 Å². The number of carbonyl (C=O) groups is 2. The number of nitrogens with one attached hydrogen (secondary N) is 2. The fourth-order valence-electron chi connectivity index (χ4n) is 3.64. The molecule has 2 N–H and O–H groups in total. The number of hydrogen-bond donors (Lipinski definition) is 2. The predicted octanol–water partition coefficient (Wildman–Crippen LogP) is 4.71. The Morgan fingerprint density at radius 2 is 1.73 bits per heavy atom. The van der Waals surface area contributed by atoms with Crippen molar-refractivity contribution in [3.63, 3.8) is 0 Å². The van der Waals surface area contributed by atoms with E-state index in [1.54, 1.807) is 6.07 Å². The van der Waals surface area contributed by atoms with E-state index in [-0.39, 0.29) is 11.8 Å². The Labute approximate surface area is 179 Å². The summed E-state index contributed by atoms with van der Waals surface area (Å²) in [7, 11) is 3.97. The molecule has 0 spiro atoms. The van der Waals surface area contributed by atoms with E-state index in [4.69, 9.17) is 0 Å². The van der Waals surface area contributed by atoms with Gasteiger partial charge in [0, 0.05) is 31.9 Å². The predicted molar refractivity (Wildman–Crippen MR) is 121 cm³/mol. The van der Waals surface area contributed by atoms with E-state index >= 15 is 0 Å². The van der Waals surface area contributed by atoms with Crippen molar-refractivity contribution in [2.75, 3.05) is 24.3 Å². The number of anilines is 2. The van der Waals surface area contributed by atoms with E-state index < -0.39 is 6.17 Å². The number of hydrazine groups is 1. The molecule has 1 atom stereocenters. The number of rotatable bonds is 9. The molecule has 0 saturated heterocycles. The average Bonchev–Trinajstić information content (AvgIpc) is 2.75. The Balaban J connectivity index is 1.78. The lowest BCUT2D eigenvalue weighted by atomic mass is 10.0. The van der Waals surface area contributed by atoms with Crippen molar-refractivity contribution in [3.05, 3.63) is 59.7 Å². The molecule has 0 unspecified atom stereocenters. The third-order valence-corrected chi connectivity index (χ3v) is 5.40. The normalized spacial score (nSPS) is 15.4. The Morgan fingerprint density at radius 3 is 2.43 bits per heavy atom. The smallest absolute Gasteiger partial charge is 0.276 e. The molecule has 30 heavy (non-hydrogen) atoms. The van der Waals surface area contributed by atoms with E-state index in [0.717, 1.165) is 36.2 Å². The largest absolute Gasteiger partial charge is 0.378 e. The summed E-state index contributed by atoms with van der Waals surface area (Å²) in [5.74, 6) is -0.332. The first-order valence-electron chi connectivity index (χ1n) is 10.8. The molecular weight excluding hydrogens is 376 g/mol. The fraction of sp³-hybridized carbons (Fsp3) is 0.417. The van der Waals surface area contributed by atoms with Crippen LogP contribution >= 0.6 is 0 Å². The van der Waals surface area contributed by atoms with E-state index in [2.05, 4.69) is 17.7 Å². The standard InChI is InChI=1S/C24H32N4O2/c1-4-5-6-7-8-13-22(29)26-28-23(18-14-16-19(17-15-18)27(2)3)25-21-12-10-9-11-20(21)24(28)30/h9-12,14-17,23,25H,4-8,13H2,1-3H3,(H,26,29)/t23-/m1/s1. The van der Waals surface area contributed by atoms with Crippen molar-refractivity contribution in [2.45, 2.75) is 51.6 Å². The highest BCUT2D eigenvalue weighted by molar-refractivity contribution is 6.02. The van der Waals surface area contributed by atoms with E-state index in [1.165, 1.54) is 17.9 Å². The highest BCUT2D eigenvalue weighted by Gasteiger charge is 2.34.